The molecular formula is C17H18BrFN2O3. The van der Waals surface area contributed by atoms with Gasteiger partial charge in [-0.2, -0.15) is 0 Å². The summed E-state index contributed by atoms with van der Waals surface area (Å²) in [6.45, 7) is 1.30. The monoisotopic (exact) mass is 396 g/mol. The lowest BCUT2D eigenvalue weighted by Crippen LogP contribution is -2.24. The van der Waals surface area contributed by atoms with Crippen molar-refractivity contribution in [2.24, 2.45) is 0 Å². The Labute approximate surface area is 148 Å². The van der Waals surface area contributed by atoms with Gasteiger partial charge in [0.15, 0.2) is 0 Å². The number of ether oxygens (including phenoxy) is 2. The third kappa shape index (κ3) is 5.90. The van der Waals surface area contributed by atoms with E-state index in [9.17, 15) is 9.18 Å². The highest BCUT2D eigenvalue weighted by Gasteiger charge is 2.06. The van der Waals surface area contributed by atoms with E-state index in [-0.39, 0.29) is 18.1 Å². The van der Waals surface area contributed by atoms with Gasteiger partial charge in [-0.1, -0.05) is 12.1 Å². The molecule has 0 saturated heterocycles. The summed E-state index contributed by atoms with van der Waals surface area (Å²) in [4.78, 5) is 16.1. The SMILES string of the molecule is COCCOc1ccc(CNC(=O)Cc2ccc(F)c(Br)c2)cn1. The Morgan fingerprint density at radius 3 is 2.71 bits per heavy atom. The van der Waals surface area contributed by atoms with Gasteiger partial charge in [0, 0.05) is 25.9 Å². The molecule has 0 bridgehead atoms. The third-order valence-electron chi connectivity index (χ3n) is 3.17. The van der Waals surface area contributed by atoms with Crippen LogP contribution in [-0.2, 0) is 22.5 Å². The molecule has 1 aromatic carbocycles. The summed E-state index contributed by atoms with van der Waals surface area (Å²) in [6.07, 6.45) is 1.83. The Hall–Kier alpha value is -1.99. The summed E-state index contributed by atoms with van der Waals surface area (Å²) >= 11 is 3.11. The van der Waals surface area contributed by atoms with Gasteiger partial charge < -0.3 is 14.8 Å². The molecule has 0 unspecified atom stereocenters. The molecule has 0 aliphatic carbocycles. The van der Waals surface area contributed by atoms with Crippen LogP contribution in [0.2, 0.25) is 0 Å². The lowest BCUT2D eigenvalue weighted by molar-refractivity contribution is -0.120. The fraction of sp³-hybridized carbons (Fsp3) is 0.294. The van der Waals surface area contributed by atoms with E-state index in [2.05, 4.69) is 26.2 Å². The predicted octanol–water partition coefficient (Wildman–Crippen LogP) is 2.87. The van der Waals surface area contributed by atoms with Crippen LogP contribution in [0.4, 0.5) is 4.39 Å². The number of carbonyl (C=O) groups is 1. The number of amides is 1. The van der Waals surface area contributed by atoms with Gasteiger partial charge in [0.05, 0.1) is 17.5 Å². The zero-order valence-electron chi connectivity index (χ0n) is 13.2. The van der Waals surface area contributed by atoms with Crippen molar-refractivity contribution in [3.05, 3.63) is 57.9 Å². The smallest absolute Gasteiger partial charge is 0.224 e. The van der Waals surface area contributed by atoms with Crippen molar-refractivity contribution in [2.75, 3.05) is 20.3 Å². The van der Waals surface area contributed by atoms with E-state index in [1.165, 1.54) is 6.07 Å². The topological polar surface area (TPSA) is 60.5 Å². The van der Waals surface area contributed by atoms with Crippen molar-refractivity contribution in [3.8, 4) is 5.88 Å². The van der Waals surface area contributed by atoms with E-state index in [0.717, 1.165) is 11.1 Å². The van der Waals surface area contributed by atoms with E-state index in [1.54, 1.807) is 31.5 Å². The summed E-state index contributed by atoms with van der Waals surface area (Å²) in [5, 5.41) is 2.80. The first-order valence-corrected chi connectivity index (χ1v) is 8.15. The molecule has 0 aliphatic rings. The van der Waals surface area contributed by atoms with Crippen molar-refractivity contribution in [2.45, 2.75) is 13.0 Å². The zero-order chi connectivity index (χ0) is 17.4. The van der Waals surface area contributed by atoms with E-state index >= 15 is 0 Å². The van der Waals surface area contributed by atoms with Crippen LogP contribution in [0.15, 0.2) is 41.0 Å². The highest BCUT2D eigenvalue weighted by molar-refractivity contribution is 9.10. The van der Waals surface area contributed by atoms with Crippen LogP contribution in [0.25, 0.3) is 0 Å². The first-order chi connectivity index (χ1) is 11.6. The molecule has 1 aromatic heterocycles. The van der Waals surface area contributed by atoms with Crippen molar-refractivity contribution >= 4 is 21.8 Å². The highest BCUT2D eigenvalue weighted by atomic mass is 79.9. The summed E-state index contributed by atoms with van der Waals surface area (Å²) in [6, 6.07) is 8.10. The molecule has 0 radical (unpaired) electrons. The van der Waals surface area contributed by atoms with Gasteiger partial charge in [-0.3, -0.25) is 4.79 Å². The average molecular weight is 397 g/mol. The molecule has 0 spiro atoms. The number of hydrogen-bond acceptors (Lipinski definition) is 4. The van der Waals surface area contributed by atoms with Crippen molar-refractivity contribution < 1.29 is 18.7 Å². The molecule has 24 heavy (non-hydrogen) atoms. The predicted molar refractivity (Wildman–Crippen MR) is 91.3 cm³/mol. The number of methoxy groups -OCH3 is 1. The fourth-order valence-electron chi connectivity index (χ4n) is 1.93. The minimum Gasteiger partial charge on any atom is -0.475 e. The highest BCUT2D eigenvalue weighted by Crippen LogP contribution is 2.17. The number of rotatable bonds is 8. The molecule has 0 fully saturated rings. The number of benzene rings is 1. The van der Waals surface area contributed by atoms with Crippen molar-refractivity contribution in [1.82, 2.24) is 10.3 Å². The number of halogens is 2. The van der Waals surface area contributed by atoms with Crippen LogP contribution in [-0.4, -0.2) is 31.2 Å². The molecule has 2 rings (SSSR count). The first kappa shape index (κ1) is 18.4. The minimum atomic E-state index is -0.349. The van der Waals surface area contributed by atoms with Crippen LogP contribution < -0.4 is 10.1 Å². The maximum absolute atomic E-state index is 13.2. The van der Waals surface area contributed by atoms with E-state index in [0.29, 0.717) is 30.1 Å². The molecule has 7 heteroatoms. The van der Waals surface area contributed by atoms with Gasteiger partial charge in [0.1, 0.15) is 12.4 Å². The Morgan fingerprint density at radius 1 is 1.25 bits per heavy atom. The average Bonchev–Trinajstić information content (AvgIpc) is 2.58. The molecule has 0 aliphatic heterocycles. The number of carbonyl (C=O) groups excluding carboxylic acids is 1. The number of hydrogen-bond donors (Lipinski definition) is 1. The van der Waals surface area contributed by atoms with E-state index < -0.39 is 0 Å². The van der Waals surface area contributed by atoms with Crippen LogP contribution in [0.5, 0.6) is 5.88 Å². The Bertz CT molecular complexity index is 680. The second kappa shape index (κ2) is 9.34. The number of nitrogens with one attached hydrogen (secondary N) is 1. The van der Waals surface area contributed by atoms with E-state index in [1.807, 2.05) is 6.07 Å². The van der Waals surface area contributed by atoms with Crippen LogP contribution >= 0.6 is 15.9 Å². The fourth-order valence-corrected chi connectivity index (χ4v) is 2.35. The lowest BCUT2D eigenvalue weighted by Gasteiger charge is -2.07. The first-order valence-electron chi connectivity index (χ1n) is 7.36. The summed E-state index contributed by atoms with van der Waals surface area (Å²) in [5.74, 6) is 0.0188. The van der Waals surface area contributed by atoms with Gasteiger partial charge in [-0.15, -0.1) is 0 Å². The number of pyridine rings is 1. The Kier molecular flexibility index (Phi) is 7.14. The van der Waals surface area contributed by atoms with Crippen molar-refractivity contribution in [1.29, 1.82) is 0 Å². The van der Waals surface area contributed by atoms with Crippen molar-refractivity contribution in [3.63, 3.8) is 0 Å². The normalized spacial score (nSPS) is 10.5. The molecule has 1 amide bonds. The molecule has 1 heterocycles. The molecule has 5 nitrogen and oxygen atoms in total. The lowest BCUT2D eigenvalue weighted by atomic mass is 10.1. The zero-order valence-corrected chi connectivity index (χ0v) is 14.8. The van der Waals surface area contributed by atoms with E-state index in [4.69, 9.17) is 9.47 Å². The van der Waals surface area contributed by atoms with Gasteiger partial charge in [0.25, 0.3) is 0 Å². The summed E-state index contributed by atoms with van der Waals surface area (Å²) in [5.41, 5.74) is 1.60. The second-order valence-corrected chi connectivity index (χ2v) is 5.90. The molecule has 2 aromatic rings. The minimum absolute atomic E-state index is 0.145. The van der Waals surface area contributed by atoms with Crippen LogP contribution in [0.3, 0.4) is 0 Å². The molecular weight excluding hydrogens is 379 g/mol. The van der Waals surface area contributed by atoms with Gasteiger partial charge in [-0.05, 0) is 39.2 Å². The largest absolute Gasteiger partial charge is 0.475 e. The molecule has 0 saturated carbocycles. The quantitative estimate of drug-likeness (QED) is 0.696. The Morgan fingerprint density at radius 2 is 2.04 bits per heavy atom. The van der Waals surface area contributed by atoms with Gasteiger partial charge in [-0.25, -0.2) is 9.37 Å². The molecule has 128 valence electrons. The number of aromatic nitrogens is 1. The van der Waals surface area contributed by atoms with Gasteiger partial charge in [0.2, 0.25) is 11.8 Å². The third-order valence-corrected chi connectivity index (χ3v) is 3.78. The maximum Gasteiger partial charge on any atom is 0.224 e. The standard InChI is InChI=1S/C17H18BrFN2O3/c1-23-6-7-24-17-5-3-13(11-21-17)10-20-16(22)9-12-2-4-15(19)14(18)8-12/h2-5,8,11H,6-7,9-10H2,1H3,(H,20,22). The Balaban J connectivity index is 1.79. The molecule has 0 atom stereocenters. The maximum atomic E-state index is 13.2. The van der Waals surface area contributed by atoms with Crippen LogP contribution in [0, 0.1) is 5.82 Å². The van der Waals surface area contributed by atoms with Gasteiger partial charge >= 0.3 is 0 Å². The summed E-state index contributed by atoms with van der Waals surface area (Å²) in [7, 11) is 1.60. The van der Waals surface area contributed by atoms with Crippen LogP contribution in [0.1, 0.15) is 11.1 Å². The molecule has 1 N–H and O–H groups in total. The second-order valence-electron chi connectivity index (χ2n) is 5.05. The number of nitrogens with zero attached hydrogens (tertiary/aromatic N) is 1. The summed E-state index contributed by atoms with van der Waals surface area (Å²) < 4.78 is 23.8.